The lowest BCUT2D eigenvalue weighted by Gasteiger charge is -2.36. The highest BCUT2D eigenvalue weighted by Crippen LogP contribution is 2.35. The predicted molar refractivity (Wildman–Crippen MR) is 110 cm³/mol. The number of hydrogen-bond donors (Lipinski definition) is 2. The molecule has 1 aromatic carbocycles. The van der Waals surface area contributed by atoms with Gasteiger partial charge in [0.25, 0.3) is 0 Å². The van der Waals surface area contributed by atoms with Crippen LogP contribution in [0, 0.1) is 0 Å². The van der Waals surface area contributed by atoms with E-state index in [0.717, 1.165) is 41.5 Å². The van der Waals surface area contributed by atoms with Gasteiger partial charge in [0.05, 0.1) is 33.3 Å². The van der Waals surface area contributed by atoms with Gasteiger partial charge in [0, 0.05) is 18.9 Å². The van der Waals surface area contributed by atoms with Gasteiger partial charge in [0.1, 0.15) is 10.6 Å². The maximum absolute atomic E-state index is 11.7. The van der Waals surface area contributed by atoms with Crippen molar-refractivity contribution in [3.8, 4) is 11.6 Å². The number of fused-ring (bicyclic) bond motifs is 1. The Morgan fingerprint density at radius 2 is 2.00 bits per heavy atom. The number of rotatable bonds is 5. The van der Waals surface area contributed by atoms with Crippen molar-refractivity contribution in [3.63, 3.8) is 0 Å². The summed E-state index contributed by atoms with van der Waals surface area (Å²) in [5, 5.41) is 15.4. The lowest BCUT2D eigenvalue weighted by molar-refractivity contribution is -0.929. The van der Waals surface area contributed by atoms with Gasteiger partial charge in [-0.05, 0) is 24.3 Å². The number of hydrogen-bond acceptors (Lipinski definition) is 6. The summed E-state index contributed by atoms with van der Waals surface area (Å²) in [6, 6.07) is 7.91. The predicted octanol–water partition coefficient (Wildman–Crippen LogP) is 0.904. The average molecular weight is 417 g/mol. The second-order valence-corrected chi connectivity index (χ2v) is 8.25. The van der Waals surface area contributed by atoms with Crippen LogP contribution < -0.4 is 9.64 Å². The third kappa shape index (κ3) is 3.67. The monoisotopic (exact) mass is 416 g/mol. The topological polar surface area (TPSA) is 84.4 Å². The van der Waals surface area contributed by atoms with Gasteiger partial charge in [0.2, 0.25) is 16.7 Å². The zero-order chi connectivity index (χ0) is 20.5. The molecule has 1 aliphatic heterocycles. The summed E-state index contributed by atoms with van der Waals surface area (Å²) in [4.78, 5) is 21.0. The molecule has 1 aliphatic rings. The fourth-order valence-corrected chi connectivity index (χ4v) is 5.05. The molecule has 9 heteroatoms. The molecule has 0 radical (unpaired) electrons. The van der Waals surface area contributed by atoms with Crippen LogP contribution in [-0.2, 0) is 11.2 Å². The number of carbonyl (C=O) groups excluding carboxylic acids is 1. The van der Waals surface area contributed by atoms with Crippen molar-refractivity contribution >= 4 is 22.2 Å². The van der Waals surface area contributed by atoms with Crippen LogP contribution in [0.2, 0.25) is 0 Å². The largest absolute Gasteiger partial charge is 0.497 e. The quantitative estimate of drug-likeness (QED) is 0.646. The second-order valence-electron chi connectivity index (χ2n) is 7.24. The summed E-state index contributed by atoms with van der Waals surface area (Å²) in [5.41, 5.74) is 1.09. The summed E-state index contributed by atoms with van der Waals surface area (Å²) in [5.74, 6) is 1.78. The number of benzene rings is 1. The molecule has 1 atom stereocenters. The molecule has 2 N–H and O–H groups in total. The molecule has 1 fully saturated rings. The SMILES string of the molecule is CCc1nc2sc([C@@H](c3ccc(OC)cc3)[NH+]3CCN(C(C)=O)CC3)c(O)n2n1. The van der Waals surface area contributed by atoms with Crippen molar-refractivity contribution in [2.75, 3.05) is 33.3 Å². The Balaban J connectivity index is 1.73. The van der Waals surface area contributed by atoms with Gasteiger partial charge >= 0.3 is 0 Å². The van der Waals surface area contributed by atoms with Crippen molar-refractivity contribution in [1.29, 1.82) is 0 Å². The Kier molecular flexibility index (Phi) is 5.42. The first kappa shape index (κ1) is 19.7. The van der Waals surface area contributed by atoms with E-state index in [1.54, 1.807) is 18.5 Å². The zero-order valence-corrected chi connectivity index (χ0v) is 17.7. The molecule has 8 nitrogen and oxygen atoms in total. The minimum Gasteiger partial charge on any atom is -0.497 e. The van der Waals surface area contributed by atoms with Crippen LogP contribution in [0.4, 0.5) is 0 Å². The Hall–Kier alpha value is -2.65. The number of methoxy groups -OCH3 is 1. The Morgan fingerprint density at radius 3 is 2.55 bits per heavy atom. The minimum absolute atomic E-state index is 0.0615. The van der Waals surface area contributed by atoms with Crippen molar-refractivity contribution < 1.29 is 19.5 Å². The van der Waals surface area contributed by atoms with Crippen LogP contribution in [0.3, 0.4) is 0 Å². The van der Waals surface area contributed by atoms with E-state index in [1.807, 2.05) is 36.1 Å². The van der Waals surface area contributed by atoms with Gasteiger partial charge in [-0.2, -0.15) is 4.52 Å². The van der Waals surface area contributed by atoms with E-state index in [9.17, 15) is 9.90 Å². The molecule has 0 bridgehead atoms. The van der Waals surface area contributed by atoms with E-state index < -0.39 is 0 Å². The number of nitrogens with one attached hydrogen (secondary N) is 1. The number of piperazine rings is 1. The zero-order valence-electron chi connectivity index (χ0n) is 16.9. The molecule has 0 spiro atoms. The molecule has 29 heavy (non-hydrogen) atoms. The maximum Gasteiger partial charge on any atom is 0.235 e. The van der Waals surface area contributed by atoms with Gasteiger partial charge < -0.3 is 19.6 Å². The number of ether oxygens (including phenoxy) is 1. The first-order chi connectivity index (χ1) is 14.0. The van der Waals surface area contributed by atoms with E-state index in [4.69, 9.17) is 4.74 Å². The summed E-state index contributed by atoms with van der Waals surface area (Å²) < 4.78 is 6.85. The smallest absolute Gasteiger partial charge is 0.235 e. The molecular formula is C20H26N5O3S+. The van der Waals surface area contributed by atoms with Crippen LogP contribution in [0.1, 0.15) is 36.2 Å². The summed E-state index contributed by atoms with van der Waals surface area (Å²) in [6.07, 6.45) is 0.726. The number of thiazole rings is 1. The lowest BCUT2D eigenvalue weighted by Crippen LogP contribution is -3.15. The van der Waals surface area contributed by atoms with Gasteiger partial charge in [-0.25, -0.2) is 4.98 Å². The number of carbonyl (C=O) groups is 1. The number of aromatic hydroxyl groups is 1. The molecular weight excluding hydrogens is 390 g/mol. The Morgan fingerprint density at radius 1 is 1.31 bits per heavy atom. The van der Waals surface area contributed by atoms with Crippen molar-refractivity contribution in [3.05, 3.63) is 40.5 Å². The fourth-order valence-electron chi connectivity index (χ4n) is 3.89. The van der Waals surface area contributed by atoms with Gasteiger partial charge in [-0.15, -0.1) is 5.10 Å². The highest BCUT2D eigenvalue weighted by Gasteiger charge is 2.35. The van der Waals surface area contributed by atoms with Crippen LogP contribution in [0.5, 0.6) is 11.6 Å². The van der Waals surface area contributed by atoms with Gasteiger partial charge in [0.15, 0.2) is 11.9 Å². The summed E-state index contributed by atoms with van der Waals surface area (Å²) >= 11 is 1.48. The molecule has 1 saturated heterocycles. The van der Waals surface area contributed by atoms with Crippen LogP contribution in [0.25, 0.3) is 4.96 Å². The average Bonchev–Trinajstić information content (AvgIpc) is 3.28. The molecule has 2 aromatic heterocycles. The normalized spacial score (nSPS) is 16.3. The number of aromatic nitrogens is 3. The molecule has 3 aromatic rings. The van der Waals surface area contributed by atoms with Crippen molar-refractivity contribution in [2.24, 2.45) is 0 Å². The molecule has 3 heterocycles. The molecule has 0 saturated carbocycles. The Labute approximate surface area is 173 Å². The fraction of sp³-hybridized carbons (Fsp3) is 0.450. The third-order valence-corrected chi connectivity index (χ3v) is 6.62. The lowest BCUT2D eigenvalue weighted by atomic mass is 10.0. The van der Waals surface area contributed by atoms with E-state index in [0.29, 0.717) is 18.1 Å². The molecule has 154 valence electrons. The highest BCUT2D eigenvalue weighted by molar-refractivity contribution is 7.17. The first-order valence-corrected chi connectivity index (χ1v) is 10.6. The maximum atomic E-state index is 11.7. The van der Waals surface area contributed by atoms with E-state index >= 15 is 0 Å². The highest BCUT2D eigenvalue weighted by atomic mass is 32.1. The Bertz CT molecular complexity index is 1010. The van der Waals surface area contributed by atoms with E-state index in [1.165, 1.54) is 16.2 Å². The van der Waals surface area contributed by atoms with Crippen LogP contribution in [0.15, 0.2) is 24.3 Å². The van der Waals surface area contributed by atoms with Crippen LogP contribution >= 0.6 is 11.3 Å². The van der Waals surface area contributed by atoms with Crippen molar-refractivity contribution in [2.45, 2.75) is 26.3 Å². The van der Waals surface area contributed by atoms with Crippen molar-refractivity contribution in [1.82, 2.24) is 19.5 Å². The first-order valence-electron chi connectivity index (χ1n) is 9.83. The number of quaternary nitrogens is 1. The molecule has 0 aliphatic carbocycles. The summed E-state index contributed by atoms with van der Waals surface area (Å²) in [6.45, 7) is 6.64. The van der Waals surface area contributed by atoms with Gasteiger partial charge in [-0.3, -0.25) is 4.79 Å². The molecule has 0 unspecified atom stereocenters. The number of amides is 1. The molecule has 4 rings (SSSR count). The van der Waals surface area contributed by atoms with Gasteiger partial charge in [-0.1, -0.05) is 18.3 Å². The molecule has 1 amide bonds. The van der Waals surface area contributed by atoms with E-state index in [-0.39, 0.29) is 17.8 Å². The minimum atomic E-state index is -0.0615. The standard InChI is InChI=1S/C20H25N5O3S/c1-4-16-21-20-25(22-16)19(27)18(29-20)17(14-5-7-15(28-3)8-6-14)24-11-9-23(10-12-24)13(2)26/h5-8,17,27H,4,9-12H2,1-3H3/p+1/t17-/m1/s1. The second kappa shape index (κ2) is 8.00. The van der Waals surface area contributed by atoms with Crippen LogP contribution in [-0.4, -0.2) is 63.8 Å². The summed E-state index contributed by atoms with van der Waals surface area (Å²) in [7, 11) is 1.65. The van der Waals surface area contributed by atoms with E-state index in [2.05, 4.69) is 10.1 Å². The number of nitrogens with zero attached hydrogens (tertiary/aromatic N) is 4. The third-order valence-electron chi connectivity index (χ3n) is 5.53. The number of aryl methyl sites for hydroxylation is 1.